The van der Waals surface area contributed by atoms with Crippen LogP contribution in [0.25, 0.3) is 0 Å². The van der Waals surface area contributed by atoms with Crippen LogP contribution in [0.4, 0.5) is 0 Å². The number of benzene rings is 1. The summed E-state index contributed by atoms with van der Waals surface area (Å²) in [4.78, 5) is 0. The highest BCUT2D eigenvalue weighted by Crippen LogP contribution is 2.49. The van der Waals surface area contributed by atoms with Crippen molar-refractivity contribution in [2.24, 2.45) is 29.6 Å². The van der Waals surface area contributed by atoms with Gasteiger partial charge in [-0.25, -0.2) is 0 Å². The quantitative estimate of drug-likeness (QED) is 0.555. The summed E-state index contributed by atoms with van der Waals surface area (Å²) in [5, 5.41) is 0. The third-order valence-electron chi connectivity index (χ3n) is 8.07. The maximum Gasteiger partial charge on any atom is -0.0245 e. The summed E-state index contributed by atoms with van der Waals surface area (Å²) >= 11 is 0. The zero-order valence-corrected chi connectivity index (χ0v) is 16.6. The van der Waals surface area contributed by atoms with Crippen LogP contribution in [-0.4, -0.2) is 0 Å². The lowest BCUT2D eigenvalue weighted by Gasteiger charge is -2.45. The van der Waals surface area contributed by atoms with Crippen LogP contribution in [0.1, 0.15) is 88.3 Å². The first-order chi connectivity index (χ1) is 12.3. The highest BCUT2D eigenvalue weighted by molar-refractivity contribution is 5.34. The van der Waals surface area contributed by atoms with Crippen LogP contribution in [0.15, 0.2) is 18.2 Å². The lowest BCUT2D eigenvalue weighted by atomic mass is 9.61. The maximum atomic E-state index is 2.50. The summed E-state index contributed by atoms with van der Waals surface area (Å²) in [7, 11) is 0. The molecule has 5 unspecified atom stereocenters. The molecule has 3 aliphatic carbocycles. The maximum absolute atomic E-state index is 2.50. The standard InChI is InChI=1S/C25H38/c1-3-5-19-7-9-23-17-25(13-11-21(23)15-19)24-12-10-20-14-18(4-2)6-8-22(20)16-24/h6,8,14,19,21,23-25H,3-5,7,9-13,15-17H2,1-2H3. The molecule has 5 atom stereocenters. The molecule has 2 saturated carbocycles. The van der Waals surface area contributed by atoms with Gasteiger partial charge in [0.05, 0.1) is 0 Å². The topological polar surface area (TPSA) is 0 Å². The Morgan fingerprint density at radius 2 is 1.56 bits per heavy atom. The van der Waals surface area contributed by atoms with Gasteiger partial charge in [0.2, 0.25) is 0 Å². The number of aryl methyl sites for hydroxylation is 2. The van der Waals surface area contributed by atoms with Crippen molar-refractivity contribution in [1.82, 2.24) is 0 Å². The predicted molar refractivity (Wildman–Crippen MR) is 108 cm³/mol. The lowest BCUT2D eigenvalue weighted by Crippen LogP contribution is -2.35. The van der Waals surface area contributed by atoms with Crippen LogP contribution in [0.2, 0.25) is 0 Å². The zero-order valence-electron chi connectivity index (χ0n) is 16.6. The molecule has 0 aromatic heterocycles. The van der Waals surface area contributed by atoms with Crippen molar-refractivity contribution in [1.29, 1.82) is 0 Å². The summed E-state index contributed by atoms with van der Waals surface area (Å²) in [5.74, 6) is 5.25. The molecule has 4 rings (SSSR count). The highest BCUT2D eigenvalue weighted by Gasteiger charge is 2.38. The summed E-state index contributed by atoms with van der Waals surface area (Å²) in [6.45, 7) is 4.65. The van der Waals surface area contributed by atoms with Crippen molar-refractivity contribution >= 4 is 0 Å². The third-order valence-corrected chi connectivity index (χ3v) is 8.07. The minimum Gasteiger partial charge on any atom is -0.0654 e. The Hall–Kier alpha value is -0.780. The minimum absolute atomic E-state index is 0.981. The fourth-order valence-electron chi connectivity index (χ4n) is 6.58. The van der Waals surface area contributed by atoms with Gasteiger partial charge in [-0.2, -0.15) is 0 Å². The van der Waals surface area contributed by atoms with Crippen LogP contribution in [0.3, 0.4) is 0 Å². The predicted octanol–water partition coefficient (Wildman–Crippen LogP) is 6.99. The van der Waals surface area contributed by atoms with Crippen LogP contribution >= 0.6 is 0 Å². The van der Waals surface area contributed by atoms with Gasteiger partial charge >= 0.3 is 0 Å². The largest absolute Gasteiger partial charge is 0.0654 e. The third kappa shape index (κ3) is 3.83. The summed E-state index contributed by atoms with van der Waals surface area (Å²) < 4.78 is 0. The van der Waals surface area contributed by atoms with Crippen molar-refractivity contribution in [3.63, 3.8) is 0 Å². The van der Waals surface area contributed by atoms with Crippen molar-refractivity contribution in [3.8, 4) is 0 Å². The van der Waals surface area contributed by atoms with Crippen LogP contribution in [-0.2, 0) is 19.3 Å². The van der Waals surface area contributed by atoms with Crippen molar-refractivity contribution < 1.29 is 0 Å². The smallest absolute Gasteiger partial charge is 0.0245 e. The van der Waals surface area contributed by atoms with Crippen molar-refractivity contribution in [2.45, 2.75) is 90.9 Å². The van der Waals surface area contributed by atoms with E-state index in [2.05, 4.69) is 32.0 Å². The molecule has 0 radical (unpaired) electrons. The Morgan fingerprint density at radius 1 is 0.800 bits per heavy atom. The van der Waals surface area contributed by atoms with Gasteiger partial charge in [-0.3, -0.25) is 0 Å². The molecule has 0 nitrogen and oxygen atoms in total. The first-order valence-corrected chi connectivity index (χ1v) is 11.4. The SMILES string of the molecule is CCCC1CCC2CC(C3CCc4cc(CC)ccc4C3)CCC2C1. The van der Waals surface area contributed by atoms with E-state index in [-0.39, 0.29) is 0 Å². The number of rotatable bonds is 4. The Morgan fingerprint density at radius 3 is 2.36 bits per heavy atom. The van der Waals surface area contributed by atoms with Crippen molar-refractivity contribution in [3.05, 3.63) is 34.9 Å². The van der Waals surface area contributed by atoms with E-state index in [9.17, 15) is 0 Å². The van der Waals surface area contributed by atoms with Gasteiger partial charge in [0.1, 0.15) is 0 Å². The van der Waals surface area contributed by atoms with Gasteiger partial charge in [0.25, 0.3) is 0 Å². The van der Waals surface area contributed by atoms with E-state index in [1.54, 1.807) is 36.8 Å². The number of fused-ring (bicyclic) bond motifs is 2. The second-order valence-corrected chi connectivity index (χ2v) is 9.52. The normalized spacial score (nSPS) is 35.0. The van der Waals surface area contributed by atoms with E-state index in [0.717, 1.165) is 29.6 Å². The molecule has 0 spiro atoms. The van der Waals surface area contributed by atoms with E-state index in [1.807, 2.05) is 0 Å². The van der Waals surface area contributed by atoms with Gasteiger partial charge in [0, 0.05) is 0 Å². The average Bonchev–Trinajstić information content (AvgIpc) is 2.67. The van der Waals surface area contributed by atoms with E-state index < -0.39 is 0 Å². The second-order valence-electron chi connectivity index (χ2n) is 9.52. The molecule has 138 valence electrons. The van der Waals surface area contributed by atoms with E-state index in [0.29, 0.717) is 0 Å². The molecule has 0 aliphatic heterocycles. The van der Waals surface area contributed by atoms with Crippen LogP contribution in [0, 0.1) is 29.6 Å². The molecule has 0 N–H and O–H groups in total. The monoisotopic (exact) mass is 338 g/mol. The Bertz CT molecular complexity index is 571. The Labute approximate surface area is 155 Å². The fourth-order valence-corrected chi connectivity index (χ4v) is 6.58. The molecule has 0 bridgehead atoms. The average molecular weight is 339 g/mol. The molecule has 3 aliphatic rings. The molecule has 2 fully saturated rings. The summed E-state index contributed by atoms with van der Waals surface area (Å²) in [6, 6.07) is 7.34. The molecule has 0 saturated heterocycles. The summed E-state index contributed by atoms with van der Waals surface area (Å²) in [6.07, 6.45) is 17.6. The fraction of sp³-hybridized carbons (Fsp3) is 0.760. The van der Waals surface area contributed by atoms with Crippen LogP contribution < -0.4 is 0 Å². The molecule has 0 heterocycles. The first-order valence-electron chi connectivity index (χ1n) is 11.4. The molecule has 25 heavy (non-hydrogen) atoms. The molecule has 0 heteroatoms. The lowest BCUT2D eigenvalue weighted by molar-refractivity contribution is 0.0695. The van der Waals surface area contributed by atoms with Gasteiger partial charge in [-0.05, 0) is 104 Å². The number of hydrogen-bond acceptors (Lipinski definition) is 0. The minimum atomic E-state index is 0.981. The molecule has 0 amide bonds. The second kappa shape index (κ2) is 7.85. The van der Waals surface area contributed by atoms with E-state index >= 15 is 0 Å². The number of hydrogen-bond donors (Lipinski definition) is 0. The van der Waals surface area contributed by atoms with Gasteiger partial charge < -0.3 is 0 Å². The highest BCUT2D eigenvalue weighted by atomic mass is 14.4. The van der Waals surface area contributed by atoms with Gasteiger partial charge in [-0.1, -0.05) is 51.3 Å². The Kier molecular flexibility index (Phi) is 5.53. The molecule has 1 aromatic carbocycles. The first kappa shape index (κ1) is 17.6. The van der Waals surface area contributed by atoms with Crippen LogP contribution in [0.5, 0.6) is 0 Å². The Balaban J connectivity index is 1.36. The van der Waals surface area contributed by atoms with E-state index in [4.69, 9.17) is 0 Å². The zero-order chi connectivity index (χ0) is 17.2. The molecule has 1 aromatic rings. The molecular formula is C25H38. The van der Waals surface area contributed by atoms with E-state index in [1.165, 1.54) is 56.9 Å². The van der Waals surface area contributed by atoms with Crippen molar-refractivity contribution in [2.75, 3.05) is 0 Å². The molecular weight excluding hydrogens is 300 g/mol. The van der Waals surface area contributed by atoms with Gasteiger partial charge in [0.15, 0.2) is 0 Å². The van der Waals surface area contributed by atoms with Gasteiger partial charge in [-0.15, -0.1) is 0 Å². The summed E-state index contributed by atoms with van der Waals surface area (Å²) in [5.41, 5.74) is 4.88.